The van der Waals surface area contributed by atoms with Gasteiger partial charge in [0, 0.05) is 41.3 Å². The molecular formula is C26H53FN4. The molecule has 0 aromatic carbocycles. The van der Waals surface area contributed by atoms with Crippen molar-refractivity contribution in [1.82, 2.24) is 9.80 Å². The van der Waals surface area contributed by atoms with Crippen LogP contribution in [0.2, 0.25) is 0 Å². The third-order valence-corrected chi connectivity index (χ3v) is 8.26. The van der Waals surface area contributed by atoms with Gasteiger partial charge in [-0.05, 0) is 71.6 Å². The molecule has 2 saturated heterocycles. The standard InChI is InChI=1S/C26H53FN4/c1-16-18(31(24(8,9)10)21(22(2,3)4)26(16,13)29)14-25(11,12)20-19(28)17(27)15-30(20)23(5,6)7/h16-21H,14-15,28-29H2,1-13H3/t16-,17-,18?,19-,20?,21?,26+/m0/s1. The highest BCUT2D eigenvalue weighted by atomic mass is 19.1. The molecule has 0 spiro atoms. The molecule has 0 amide bonds. The zero-order valence-electron chi connectivity index (χ0n) is 22.8. The summed E-state index contributed by atoms with van der Waals surface area (Å²) in [6.07, 6.45) is -0.0343. The predicted molar refractivity (Wildman–Crippen MR) is 132 cm³/mol. The zero-order valence-corrected chi connectivity index (χ0v) is 22.8. The first-order valence-corrected chi connectivity index (χ1v) is 12.3. The molecule has 0 aromatic heterocycles. The molecular weight excluding hydrogens is 387 g/mol. The van der Waals surface area contributed by atoms with E-state index in [1.54, 1.807) is 0 Å². The van der Waals surface area contributed by atoms with E-state index in [2.05, 4.69) is 99.8 Å². The molecule has 2 aliphatic rings. The molecule has 2 fully saturated rings. The van der Waals surface area contributed by atoms with Crippen LogP contribution in [0.15, 0.2) is 0 Å². The molecule has 5 heteroatoms. The van der Waals surface area contributed by atoms with Crippen molar-refractivity contribution in [2.45, 2.75) is 143 Å². The Hall–Kier alpha value is -0.230. The van der Waals surface area contributed by atoms with Crippen molar-refractivity contribution >= 4 is 0 Å². The SMILES string of the molecule is C[C@H]1C(CC(C)(C)C2[C@@H](N)[C@@H](F)CN2C(C)(C)C)N(C(C)(C)C)C(C(C)(C)C)[C@]1(C)N. The van der Waals surface area contributed by atoms with Crippen LogP contribution in [0.3, 0.4) is 0 Å². The molecule has 2 rings (SSSR count). The molecule has 3 unspecified atom stereocenters. The van der Waals surface area contributed by atoms with Crippen LogP contribution in [0.25, 0.3) is 0 Å². The third-order valence-electron chi connectivity index (χ3n) is 8.26. The molecule has 2 heterocycles. The van der Waals surface area contributed by atoms with Gasteiger partial charge >= 0.3 is 0 Å². The Kier molecular flexibility index (Phi) is 6.90. The van der Waals surface area contributed by atoms with E-state index in [1.807, 2.05) is 0 Å². The van der Waals surface area contributed by atoms with Crippen LogP contribution < -0.4 is 11.5 Å². The summed E-state index contributed by atoms with van der Waals surface area (Å²) in [5, 5.41) is 0. The van der Waals surface area contributed by atoms with Crippen LogP contribution in [-0.4, -0.2) is 63.3 Å². The molecule has 2 aliphatic heterocycles. The summed E-state index contributed by atoms with van der Waals surface area (Å²) in [5.74, 6) is 0.317. The highest BCUT2D eigenvalue weighted by Crippen LogP contribution is 2.52. The smallest absolute Gasteiger partial charge is 0.129 e. The number of rotatable bonds is 3. The maximum atomic E-state index is 14.9. The fourth-order valence-electron chi connectivity index (χ4n) is 7.03. The van der Waals surface area contributed by atoms with Crippen molar-refractivity contribution < 1.29 is 4.39 Å². The first-order chi connectivity index (χ1) is 13.5. The summed E-state index contributed by atoms with van der Waals surface area (Å²) >= 11 is 0. The number of likely N-dealkylation sites (tertiary alicyclic amines) is 2. The van der Waals surface area contributed by atoms with Crippen LogP contribution in [0.4, 0.5) is 4.39 Å². The third kappa shape index (κ3) is 4.85. The van der Waals surface area contributed by atoms with Crippen LogP contribution in [0, 0.1) is 16.7 Å². The van der Waals surface area contributed by atoms with Crippen molar-refractivity contribution in [1.29, 1.82) is 0 Å². The van der Waals surface area contributed by atoms with Crippen molar-refractivity contribution in [3.63, 3.8) is 0 Å². The van der Waals surface area contributed by atoms with E-state index in [0.717, 1.165) is 6.42 Å². The lowest BCUT2D eigenvalue weighted by atomic mass is 9.70. The Morgan fingerprint density at radius 1 is 0.935 bits per heavy atom. The summed E-state index contributed by atoms with van der Waals surface area (Å²) in [4.78, 5) is 5.00. The molecule has 0 aromatic rings. The molecule has 4 nitrogen and oxygen atoms in total. The lowest BCUT2D eigenvalue weighted by Gasteiger charge is -2.51. The molecule has 7 atom stereocenters. The molecule has 0 saturated carbocycles. The molecule has 0 radical (unpaired) electrons. The molecule has 4 N–H and O–H groups in total. The van der Waals surface area contributed by atoms with Crippen LogP contribution in [-0.2, 0) is 0 Å². The van der Waals surface area contributed by atoms with E-state index in [1.165, 1.54) is 0 Å². The predicted octanol–water partition coefficient (Wildman–Crippen LogP) is 4.80. The summed E-state index contributed by atoms with van der Waals surface area (Å²) in [7, 11) is 0. The van der Waals surface area contributed by atoms with E-state index in [4.69, 9.17) is 11.5 Å². The van der Waals surface area contributed by atoms with Crippen LogP contribution in [0.1, 0.15) is 96.4 Å². The number of hydrogen-bond donors (Lipinski definition) is 2. The van der Waals surface area contributed by atoms with Gasteiger partial charge in [0.25, 0.3) is 0 Å². The minimum atomic E-state index is -0.981. The van der Waals surface area contributed by atoms with Gasteiger partial charge < -0.3 is 11.5 Å². The Morgan fingerprint density at radius 2 is 1.42 bits per heavy atom. The number of hydrogen-bond acceptors (Lipinski definition) is 4. The van der Waals surface area contributed by atoms with E-state index < -0.39 is 12.2 Å². The normalized spacial score (nSPS) is 39.5. The lowest BCUT2D eigenvalue weighted by molar-refractivity contribution is -0.0216. The Bertz CT molecular complexity index is 637. The van der Waals surface area contributed by atoms with Gasteiger partial charge in [0.05, 0.1) is 6.04 Å². The zero-order chi connectivity index (χ0) is 24.5. The van der Waals surface area contributed by atoms with E-state index in [0.29, 0.717) is 18.5 Å². The van der Waals surface area contributed by atoms with Gasteiger partial charge in [-0.1, -0.05) is 41.5 Å². The second kappa shape index (κ2) is 7.92. The van der Waals surface area contributed by atoms with Gasteiger partial charge in [0.1, 0.15) is 6.17 Å². The summed E-state index contributed by atoms with van der Waals surface area (Å²) in [6.45, 7) is 29.9. The van der Waals surface area contributed by atoms with Gasteiger partial charge in [0.2, 0.25) is 0 Å². The average molecular weight is 441 g/mol. The van der Waals surface area contributed by atoms with Crippen molar-refractivity contribution in [3.05, 3.63) is 0 Å². The number of halogens is 1. The number of alkyl halides is 1. The van der Waals surface area contributed by atoms with Crippen molar-refractivity contribution in [3.8, 4) is 0 Å². The largest absolute Gasteiger partial charge is 0.324 e. The highest BCUT2D eigenvalue weighted by Gasteiger charge is 2.61. The molecule has 0 bridgehead atoms. The topological polar surface area (TPSA) is 58.5 Å². The first kappa shape index (κ1) is 27.0. The van der Waals surface area contributed by atoms with Gasteiger partial charge in [-0.2, -0.15) is 0 Å². The van der Waals surface area contributed by atoms with Gasteiger partial charge in [-0.3, -0.25) is 9.80 Å². The number of nitrogens with zero attached hydrogens (tertiary/aromatic N) is 2. The van der Waals surface area contributed by atoms with Gasteiger partial charge in [-0.25, -0.2) is 4.39 Å². The van der Waals surface area contributed by atoms with Crippen molar-refractivity contribution in [2.24, 2.45) is 28.2 Å². The fourth-order valence-corrected chi connectivity index (χ4v) is 7.03. The van der Waals surface area contributed by atoms with Gasteiger partial charge in [0.15, 0.2) is 0 Å². The molecule has 0 aliphatic carbocycles. The summed E-state index contributed by atoms with van der Waals surface area (Å²) in [6, 6.07) is 0.0912. The van der Waals surface area contributed by atoms with E-state index in [9.17, 15) is 4.39 Å². The Labute approximate surface area is 192 Å². The highest BCUT2D eigenvalue weighted by molar-refractivity contribution is 5.17. The summed E-state index contributed by atoms with van der Waals surface area (Å²) < 4.78 is 14.9. The Balaban J connectivity index is 2.51. The maximum Gasteiger partial charge on any atom is 0.129 e. The van der Waals surface area contributed by atoms with E-state index in [-0.39, 0.29) is 39.5 Å². The first-order valence-electron chi connectivity index (χ1n) is 12.3. The molecule has 31 heavy (non-hydrogen) atoms. The van der Waals surface area contributed by atoms with Crippen LogP contribution >= 0.6 is 0 Å². The average Bonchev–Trinajstić information content (AvgIpc) is 2.93. The van der Waals surface area contributed by atoms with E-state index >= 15 is 0 Å². The van der Waals surface area contributed by atoms with Crippen molar-refractivity contribution in [2.75, 3.05) is 6.54 Å². The fraction of sp³-hybridized carbons (Fsp3) is 1.00. The Morgan fingerprint density at radius 3 is 1.81 bits per heavy atom. The van der Waals surface area contributed by atoms with Gasteiger partial charge in [-0.15, -0.1) is 0 Å². The quantitative estimate of drug-likeness (QED) is 0.662. The number of nitrogens with two attached hydrogens (primary N) is 2. The second-order valence-electron chi connectivity index (χ2n) is 14.6. The van der Waals surface area contributed by atoms with Crippen LogP contribution in [0.5, 0.6) is 0 Å². The minimum absolute atomic E-state index is 0.00534. The molecule has 184 valence electrons. The monoisotopic (exact) mass is 440 g/mol. The lowest BCUT2D eigenvalue weighted by Crippen LogP contribution is -2.61. The maximum absolute atomic E-state index is 14.9. The summed E-state index contributed by atoms with van der Waals surface area (Å²) in [5.41, 5.74) is 13.1. The minimum Gasteiger partial charge on any atom is -0.324 e. The second-order valence-corrected chi connectivity index (χ2v) is 14.6.